The van der Waals surface area contributed by atoms with E-state index in [9.17, 15) is 4.79 Å². The van der Waals surface area contributed by atoms with Crippen LogP contribution in [0.15, 0.2) is 103 Å². The molecule has 0 unspecified atom stereocenters. The molecule has 1 amide bonds. The fraction of sp³-hybridized carbons (Fsp3) is 0.154. The number of para-hydroxylation sites is 1. The van der Waals surface area contributed by atoms with Crippen LogP contribution in [0.5, 0.6) is 0 Å². The molecule has 3 aromatic rings. The molecular weight excluding hydrogens is 514 g/mol. The molecular formula is C26H22BrN3OS2. The Hall–Kier alpha value is -2.48. The van der Waals surface area contributed by atoms with Crippen molar-refractivity contribution in [2.45, 2.75) is 18.2 Å². The Morgan fingerprint density at radius 1 is 0.879 bits per heavy atom. The highest BCUT2D eigenvalue weighted by Crippen LogP contribution is 2.50. The maximum absolute atomic E-state index is 13.7. The second-order valence-electron chi connectivity index (χ2n) is 7.61. The number of amidine groups is 1. The third-order valence-electron chi connectivity index (χ3n) is 5.50. The van der Waals surface area contributed by atoms with Gasteiger partial charge in [-0.1, -0.05) is 70.2 Å². The molecule has 2 aliphatic rings. The summed E-state index contributed by atoms with van der Waals surface area (Å²) in [5.41, 5.74) is 3.20. The fourth-order valence-electron chi connectivity index (χ4n) is 3.84. The van der Waals surface area contributed by atoms with Crippen molar-refractivity contribution >= 4 is 61.9 Å². The molecule has 0 spiro atoms. The number of carbonyl (C=O) groups is 1. The number of amides is 1. The molecule has 0 saturated carbocycles. The maximum Gasteiger partial charge on any atom is 0.269 e. The monoisotopic (exact) mass is 535 g/mol. The number of halogens is 1. The average Bonchev–Trinajstić information content (AvgIpc) is 3.36. The number of hydrogen-bond acceptors (Lipinski definition) is 5. The van der Waals surface area contributed by atoms with E-state index in [0.29, 0.717) is 6.54 Å². The van der Waals surface area contributed by atoms with Gasteiger partial charge in [0.15, 0.2) is 5.17 Å². The summed E-state index contributed by atoms with van der Waals surface area (Å²) >= 11 is 6.63. The Bertz CT molecular complexity index is 1240. The van der Waals surface area contributed by atoms with E-state index < -0.39 is 0 Å². The summed E-state index contributed by atoms with van der Waals surface area (Å²) < 4.78 is 1.00. The number of rotatable bonds is 5. The van der Waals surface area contributed by atoms with Crippen LogP contribution in [0.2, 0.25) is 0 Å². The number of hydrogen-bond donors (Lipinski definition) is 0. The van der Waals surface area contributed by atoms with Crippen LogP contribution in [0.1, 0.15) is 12.5 Å². The minimum Gasteiger partial charge on any atom is -0.334 e. The summed E-state index contributed by atoms with van der Waals surface area (Å²) in [4.78, 5) is 24.6. The van der Waals surface area contributed by atoms with Gasteiger partial charge in [0.1, 0.15) is 9.93 Å². The number of fused-ring (bicyclic) bond motifs is 1. The number of benzene rings is 3. The number of nitrogens with zero attached hydrogens (tertiary/aromatic N) is 3. The van der Waals surface area contributed by atoms with Crippen LogP contribution in [-0.4, -0.2) is 29.1 Å². The summed E-state index contributed by atoms with van der Waals surface area (Å²) in [5, 5.41) is 1.73. The van der Waals surface area contributed by atoms with Crippen molar-refractivity contribution in [2.24, 2.45) is 4.99 Å². The van der Waals surface area contributed by atoms with Crippen LogP contribution in [0, 0.1) is 0 Å². The van der Waals surface area contributed by atoms with Crippen LogP contribution < -0.4 is 4.90 Å². The Kier molecular flexibility index (Phi) is 6.62. The van der Waals surface area contributed by atoms with Gasteiger partial charge in [-0.3, -0.25) is 9.69 Å². The molecule has 0 N–H and O–H groups in total. The van der Waals surface area contributed by atoms with E-state index in [4.69, 9.17) is 4.99 Å². The van der Waals surface area contributed by atoms with E-state index in [1.54, 1.807) is 11.8 Å². The molecule has 1 saturated heterocycles. The van der Waals surface area contributed by atoms with Crippen molar-refractivity contribution in [2.75, 3.05) is 18.0 Å². The Labute approximate surface area is 210 Å². The average molecular weight is 537 g/mol. The Balaban J connectivity index is 1.51. The quantitative estimate of drug-likeness (QED) is 0.327. The molecule has 1 fully saturated rings. The van der Waals surface area contributed by atoms with Crippen LogP contribution in [0.3, 0.4) is 0 Å². The van der Waals surface area contributed by atoms with Gasteiger partial charge >= 0.3 is 0 Å². The highest BCUT2D eigenvalue weighted by Gasteiger charge is 2.39. The number of thioether (sulfide) groups is 2. The zero-order chi connectivity index (χ0) is 22.8. The third kappa shape index (κ3) is 4.63. The molecule has 0 radical (unpaired) electrons. The van der Waals surface area contributed by atoms with Crippen molar-refractivity contribution in [3.8, 4) is 0 Å². The summed E-state index contributed by atoms with van der Waals surface area (Å²) in [5.74, 6) is 0.0283. The minimum atomic E-state index is 0.0283. The molecule has 33 heavy (non-hydrogen) atoms. The van der Waals surface area contributed by atoms with Gasteiger partial charge in [0, 0.05) is 22.5 Å². The van der Waals surface area contributed by atoms with E-state index >= 15 is 0 Å². The van der Waals surface area contributed by atoms with Crippen molar-refractivity contribution in [3.05, 3.63) is 98.8 Å². The number of anilines is 1. The molecule has 2 aliphatic heterocycles. The van der Waals surface area contributed by atoms with Gasteiger partial charge in [0.2, 0.25) is 0 Å². The lowest BCUT2D eigenvalue weighted by molar-refractivity contribution is -0.122. The van der Waals surface area contributed by atoms with Gasteiger partial charge in [-0.05, 0) is 67.1 Å². The van der Waals surface area contributed by atoms with Crippen molar-refractivity contribution < 1.29 is 4.79 Å². The van der Waals surface area contributed by atoms with Crippen molar-refractivity contribution in [3.63, 3.8) is 0 Å². The van der Waals surface area contributed by atoms with E-state index in [-0.39, 0.29) is 5.91 Å². The van der Waals surface area contributed by atoms with E-state index in [0.717, 1.165) is 43.9 Å². The number of aliphatic imine (C=N–C) groups is 1. The molecule has 0 bridgehead atoms. The number of carbonyl (C=O) groups excluding carboxylic acids is 1. The van der Waals surface area contributed by atoms with Crippen LogP contribution >= 0.6 is 39.5 Å². The minimum absolute atomic E-state index is 0.0283. The first-order chi connectivity index (χ1) is 16.1. The molecule has 0 aliphatic carbocycles. The molecule has 2 heterocycles. The van der Waals surface area contributed by atoms with Gasteiger partial charge in [-0.2, -0.15) is 0 Å². The molecule has 5 rings (SSSR count). The Morgan fingerprint density at radius 3 is 2.36 bits per heavy atom. The molecule has 3 aromatic carbocycles. The van der Waals surface area contributed by atoms with Gasteiger partial charge < -0.3 is 4.90 Å². The molecule has 4 nitrogen and oxygen atoms in total. The second-order valence-corrected chi connectivity index (χ2v) is 10.5. The van der Waals surface area contributed by atoms with Crippen LogP contribution in [0.4, 0.5) is 11.4 Å². The predicted octanol–water partition coefficient (Wildman–Crippen LogP) is 7.06. The van der Waals surface area contributed by atoms with Gasteiger partial charge in [0.25, 0.3) is 5.91 Å². The first-order valence-electron chi connectivity index (χ1n) is 10.8. The van der Waals surface area contributed by atoms with Crippen LogP contribution in [0.25, 0.3) is 0 Å². The van der Waals surface area contributed by atoms with E-state index in [1.807, 2.05) is 59.5 Å². The fourth-order valence-corrected chi connectivity index (χ4v) is 6.53. The predicted molar refractivity (Wildman–Crippen MR) is 143 cm³/mol. The lowest BCUT2D eigenvalue weighted by Gasteiger charge is -2.19. The highest BCUT2D eigenvalue weighted by molar-refractivity contribution is 9.10. The van der Waals surface area contributed by atoms with Gasteiger partial charge in [-0.15, -0.1) is 0 Å². The zero-order valence-electron chi connectivity index (χ0n) is 18.1. The maximum atomic E-state index is 13.7. The molecule has 7 heteroatoms. The van der Waals surface area contributed by atoms with Crippen LogP contribution in [-0.2, 0) is 11.2 Å². The standard InChI is InChI=1S/C26H22BrN3OS2/c1-2-29-21-10-6-7-11-22(21)32-25(29)23-24(31)30(17-16-18-8-4-3-5-9-18)26(33-23)28-20-14-12-19(27)13-15-20/h3-15H,2,16-17H2,1H3/b25-23-,28-26?. The normalized spacial score (nSPS) is 19.0. The van der Waals surface area contributed by atoms with E-state index in [1.165, 1.54) is 22.2 Å². The van der Waals surface area contributed by atoms with Crippen molar-refractivity contribution in [1.29, 1.82) is 0 Å². The third-order valence-corrected chi connectivity index (χ3v) is 8.41. The summed E-state index contributed by atoms with van der Waals surface area (Å²) in [6.45, 7) is 3.52. The summed E-state index contributed by atoms with van der Waals surface area (Å²) in [7, 11) is 0. The molecule has 0 atom stereocenters. The molecule has 0 aromatic heterocycles. The van der Waals surface area contributed by atoms with E-state index in [2.05, 4.69) is 52.0 Å². The molecule has 166 valence electrons. The van der Waals surface area contributed by atoms with Gasteiger partial charge in [-0.25, -0.2) is 4.99 Å². The smallest absolute Gasteiger partial charge is 0.269 e. The van der Waals surface area contributed by atoms with Gasteiger partial charge in [0.05, 0.1) is 11.4 Å². The largest absolute Gasteiger partial charge is 0.334 e. The second kappa shape index (κ2) is 9.79. The lowest BCUT2D eigenvalue weighted by atomic mass is 10.1. The summed E-state index contributed by atoms with van der Waals surface area (Å²) in [6, 6.07) is 26.5. The Morgan fingerprint density at radius 2 is 1.61 bits per heavy atom. The zero-order valence-corrected chi connectivity index (χ0v) is 21.3. The SMILES string of the molecule is CCN1/C(=C2/SC(=Nc3ccc(Br)cc3)N(CCc3ccccc3)C2=O)Sc2ccccc21. The lowest BCUT2D eigenvalue weighted by Crippen LogP contribution is -2.32. The van der Waals surface area contributed by atoms with Crippen molar-refractivity contribution in [1.82, 2.24) is 4.90 Å². The first kappa shape index (κ1) is 22.3. The summed E-state index contributed by atoms with van der Waals surface area (Å²) in [6.07, 6.45) is 0.778. The highest BCUT2D eigenvalue weighted by atomic mass is 79.9. The first-order valence-corrected chi connectivity index (χ1v) is 13.2. The topological polar surface area (TPSA) is 35.9 Å².